The first-order chi connectivity index (χ1) is 8.96. The Bertz CT molecular complexity index is 520. The fourth-order valence-electron chi connectivity index (χ4n) is 2.09. The Hall–Kier alpha value is -2.04. The molecular weight excluding hydrogens is 246 g/mol. The third-order valence-corrected chi connectivity index (χ3v) is 3.67. The van der Waals surface area contributed by atoms with Crippen molar-refractivity contribution in [2.45, 2.75) is 26.2 Å². The zero-order valence-corrected chi connectivity index (χ0v) is 11.0. The fraction of sp³-hybridized carbons (Fsp3) is 0.429. The molecule has 2 rings (SSSR count). The van der Waals surface area contributed by atoms with Crippen LogP contribution in [0.25, 0.3) is 0 Å². The zero-order chi connectivity index (χ0) is 14.0. The van der Waals surface area contributed by atoms with Crippen molar-refractivity contribution in [3.05, 3.63) is 23.8 Å². The van der Waals surface area contributed by atoms with Gasteiger partial charge in [-0.25, -0.2) is 4.79 Å². The summed E-state index contributed by atoms with van der Waals surface area (Å²) in [6, 6.07) is 4.23. The van der Waals surface area contributed by atoms with E-state index in [1.807, 2.05) is 6.92 Å². The van der Waals surface area contributed by atoms with Crippen molar-refractivity contribution in [3.63, 3.8) is 0 Å². The molecular formula is C14H17NO4. The maximum atomic E-state index is 12.1. The van der Waals surface area contributed by atoms with E-state index >= 15 is 0 Å². The van der Waals surface area contributed by atoms with Gasteiger partial charge >= 0.3 is 5.97 Å². The first-order valence-corrected chi connectivity index (χ1v) is 6.19. The van der Waals surface area contributed by atoms with Crippen LogP contribution in [0.2, 0.25) is 0 Å². The number of ether oxygens (including phenoxy) is 1. The average molecular weight is 263 g/mol. The molecule has 102 valence electrons. The van der Waals surface area contributed by atoms with E-state index in [0.29, 0.717) is 0 Å². The molecule has 0 bridgehead atoms. The summed E-state index contributed by atoms with van der Waals surface area (Å²) < 4.78 is 4.60. The third kappa shape index (κ3) is 2.54. The van der Waals surface area contributed by atoms with Crippen molar-refractivity contribution in [1.29, 1.82) is 0 Å². The predicted molar refractivity (Wildman–Crippen MR) is 70.0 cm³/mol. The predicted octanol–water partition coefficient (Wildman–Crippen LogP) is 2.31. The number of rotatable bonds is 3. The minimum Gasteiger partial charge on any atom is -0.506 e. The van der Waals surface area contributed by atoms with Crippen LogP contribution in [-0.2, 0) is 9.53 Å². The summed E-state index contributed by atoms with van der Waals surface area (Å²) in [7, 11) is 1.28. The molecule has 19 heavy (non-hydrogen) atoms. The molecule has 1 fully saturated rings. The van der Waals surface area contributed by atoms with Gasteiger partial charge in [0, 0.05) is 5.41 Å². The molecule has 1 amide bonds. The van der Waals surface area contributed by atoms with Crippen molar-refractivity contribution < 1.29 is 19.4 Å². The number of phenolic OH excluding ortho intramolecular Hbond substituents is 1. The van der Waals surface area contributed by atoms with Crippen molar-refractivity contribution in [3.8, 4) is 5.75 Å². The Labute approximate surface area is 111 Å². The molecule has 5 nitrogen and oxygen atoms in total. The Morgan fingerprint density at radius 1 is 1.37 bits per heavy atom. The van der Waals surface area contributed by atoms with E-state index < -0.39 is 5.97 Å². The van der Waals surface area contributed by atoms with Crippen LogP contribution >= 0.6 is 0 Å². The molecule has 0 radical (unpaired) electrons. The van der Waals surface area contributed by atoms with E-state index in [2.05, 4.69) is 10.1 Å². The summed E-state index contributed by atoms with van der Waals surface area (Å²) >= 11 is 0. The number of anilines is 1. The molecule has 5 heteroatoms. The van der Waals surface area contributed by atoms with Crippen LogP contribution < -0.4 is 5.32 Å². The quantitative estimate of drug-likeness (QED) is 0.648. The summed E-state index contributed by atoms with van der Waals surface area (Å²) in [4.78, 5) is 23.5. The minimum absolute atomic E-state index is 0.0658. The van der Waals surface area contributed by atoms with Gasteiger partial charge in [-0.3, -0.25) is 4.79 Å². The van der Waals surface area contributed by atoms with Crippen molar-refractivity contribution in [2.75, 3.05) is 12.4 Å². The number of amides is 1. The number of hydrogen-bond donors (Lipinski definition) is 2. The van der Waals surface area contributed by atoms with Gasteiger partial charge in [-0.05, 0) is 31.0 Å². The Kier molecular flexibility index (Phi) is 3.46. The van der Waals surface area contributed by atoms with Gasteiger partial charge in [-0.2, -0.15) is 0 Å². The number of carbonyl (C=O) groups excluding carboxylic acids is 2. The molecule has 0 heterocycles. The standard InChI is InChI=1S/C14H17NO4/c1-14(6-3-7-14)13(18)15-10-8-9(12(17)19-2)4-5-11(10)16/h4-5,8,16H,3,6-7H2,1-2H3,(H,15,18). The largest absolute Gasteiger partial charge is 0.506 e. The van der Waals surface area contributed by atoms with Gasteiger partial charge in [0.05, 0.1) is 18.4 Å². The summed E-state index contributed by atoms with van der Waals surface area (Å²) in [6.45, 7) is 1.90. The van der Waals surface area contributed by atoms with Gasteiger partial charge in [0.25, 0.3) is 0 Å². The second-order valence-corrected chi connectivity index (χ2v) is 5.09. The number of aromatic hydroxyl groups is 1. The van der Waals surface area contributed by atoms with Crippen LogP contribution in [0, 0.1) is 5.41 Å². The normalized spacial score (nSPS) is 16.3. The number of phenols is 1. The lowest BCUT2D eigenvalue weighted by molar-refractivity contribution is -0.128. The highest BCUT2D eigenvalue weighted by molar-refractivity contribution is 5.98. The number of carbonyl (C=O) groups is 2. The highest BCUT2D eigenvalue weighted by Gasteiger charge is 2.39. The highest BCUT2D eigenvalue weighted by Crippen LogP contribution is 2.41. The molecule has 1 aliphatic carbocycles. The third-order valence-electron chi connectivity index (χ3n) is 3.67. The lowest BCUT2D eigenvalue weighted by Gasteiger charge is -2.36. The maximum Gasteiger partial charge on any atom is 0.337 e. The van der Waals surface area contributed by atoms with E-state index in [1.165, 1.54) is 25.3 Å². The number of benzene rings is 1. The molecule has 0 aliphatic heterocycles. The van der Waals surface area contributed by atoms with Gasteiger partial charge in [0.2, 0.25) is 5.91 Å². The van der Waals surface area contributed by atoms with E-state index in [1.54, 1.807) is 0 Å². The molecule has 0 atom stereocenters. The molecule has 1 saturated carbocycles. The van der Waals surface area contributed by atoms with Crippen molar-refractivity contribution >= 4 is 17.6 Å². The molecule has 1 aliphatic rings. The molecule has 0 spiro atoms. The molecule has 1 aromatic carbocycles. The SMILES string of the molecule is COC(=O)c1ccc(O)c(NC(=O)C2(C)CCC2)c1. The van der Waals surface area contributed by atoms with Gasteiger partial charge in [0.1, 0.15) is 5.75 Å². The lowest BCUT2D eigenvalue weighted by atomic mass is 9.70. The van der Waals surface area contributed by atoms with Gasteiger partial charge in [-0.15, -0.1) is 0 Å². The Morgan fingerprint density at radius 2 is 2.05 bits per heavy atom. The second-order valence-electron chi connectivity index (χ2n) is 5.09. The fourth-order valence-corrected chi connectivity index (χ4v) is 2.09. The average Bonchev–Trinajstić information content (AvgIpc) is 2.37. The minimum atomic E-state index is -0.509. The Morgan fingerprint density at radius 3 is 2.58 bits per heavy atom. The number of methoxy groups -OCH3 is 1. The smallest absolute Gasteiger partial charge is 0.337 e. The van der Waals surface area contributed by atoms with Crippen LogP contribution in [0.15, 0.2) is 18.2 Å². The van der Waals surface area contributed by atoms with Gasteiger partial charge < -0.3 is 15.2 Å². The number of hydrogen-bond acceptors (Lipinski definition) is 4. The van der Waals surface area contributed by atoms with Gasteiger partial charge in [0.15, 0.2) is 0 Å². The first kappa shape index (κ1) is 13.4. The van der Waals surface area contributed by atoms with Crippen LogP contribution in [0.3, 0.4) is 0 Å². The molecule has 0 saturated heterocycles. The van der Waals surface area contributed by atoms with Crippen molar-refractivity contribution in [2.24, 2.45) is 5.41 Å². The molecule has 1 aromatic rings. The van der Waals surface area contributed by atoms with Crippen LogP contribution in [0.5, 0.6) is 5.75 Å². The van der Waals surface area contributed by atoms with Crippen LogP contribution in [0.4, 0.5) is 5.69 Å². The summed E-state index contributed by atoms with van der Waals surface area (Å²) in [6.07, 6.45) is 2.73. The van der Waals surface area contributed by atoms with Crippen LogP contribution in [0.1, 0.15) is 36.5 Å². The topological polar surface area (TPSA) is 75.6 Å². The maximum absolute atomic E-state index is 12.1. The molecule has 2 N–H and O–H groups in total. The molecule has 0 unspecified atom stereocenters. The van der Waals surface area contributed by atoms with Crippen molar-refractivity contribution in [1.82, 2.24) is 0 Å². The number of esters is 1. The Balaban J connectivity index is 2.19. The zero-order valence-electron chi connectivity index (χ0n) is 11.0. The highest BCUT2D eigenvalue weighted by atomic mass is 16.5. The summed E-state index contributed by atoms with van der Waals surface area (Å²) in [5.41, 5.74) is 0.156. The second kappa shape index (κ2) is 4.91. The van der Waals surface area contributed by atoms with Gasteiger partial charge in [-0.1, -0.05) is 13.3 Å². The molecule has 0 aromatic heterocycles. The number of nitrogens with one attached hydrogen (secondary N) is 1. The monoisotopic (exact) mass is 263 g/mol. The van der Waals surface area contributed by atoms with Crippen LogP contribution in [-0.4, -0.2) is 24.1 Å². The summed E-state index contributed by atoms with van der Waals surface area (Å²) in [5.74, 6) is -0.703. The van der Waals surface area contributed by atoms with E-state index in [9.17, 15) is 14.7 Å². The van der Waals surface area contributed by atoms with E-state index in [0.717, 1.165) is 19.3 Å². The first-order valence-electron chi connectivity index (χ1n) is 6.19. The lowest BCUT2D eigenvalue weighted by Crippen LogP contribution is -2.39. The summed E-state index contributed by atoms with van der Waals surface area (Å²) in [5, 5.41) is 12.4. The van der Waals surface area contributed by atoms with E-state index in [4.69, 9.17) is 0 Å². The van der Waals surface area contributed by atoms with E-state index in [-0.39, 0.29) is 28.3 Å².